The van der Waals surface area contributed by atoms with Gasteiger partial charge in [-0.3, -0.25) is 0 Å². The van der Waals surface area contributed by atoms with Crippen LogP contribution >= 0.6 is 27.3 Å². The molecule has 0 aliphatic rings. The fourth-order valence-corrected chi connectivity index (χ4v) is 3.36. The number of rotatable bonds is 2. The zero-order valence-corrected chi connectivity index (χ0v) is 11.6. The van der Waals surface area contributed by atoms with Crippen LogP contribution in [-0.4, -0.2) is 9.55 Å². The summed E-state index contributed by atoms with van der Waals surface area (Å²) in [4.78, 5) is 5.21. The molecule has 2 aromatic heterocycles. The van der Waals surface area contributed by atoms with Crippen LogP contribution in [0.5, 0.6) is 0 Å². The monoisotopic (exact) mass is 325 g/mol. The molecule has 0 unspecified atom stereocenters. The van der Waals surface area contributed by atoms with Gasteiger partial charge in [0.15, 0.2) is 5.82 Å². The molecule has 0 saturated heterocycles. The number of fused-ring (bicyclic) bond motifs is 1. The average molecular weight is 326 g/mol. The first-order valence-electron chi connectivity index (χ1n) is 5.29. The largest absolute Gasteiger partial charge is 0.369 e. The van der Waals surface area contributed by atoms with Gasteiger partial charge in [-0.2, -0.15) is 0 Å². The Hall–Kier alpha value is -1.40. The minimum Gasteiger partial charge on any atom is -0.369 e. The number of halogens is 2. The Morgan fingerprint density at radius 2 is 2.17 bits per heavy atom. The van der Waals surface area contributed by atoms with Gasteiger partial charge in [-0.15, -0.1) is 11.3 Å². The molecule has 0 spiro atoms. The van der Waals surface area contributed by atoms with E-state index in [1.54, 1.807) is 17.4 Å². The lowest BCUT2D eigenvalue weighted by atomic mass is 10.3. The molecular formula is C12H9BrFN3S. The van der Waals surface area contributed by atoms with Gasteiger partial charge >= 0.3 is 0 Å². The van der Waals surface area contributed by atoms with Crippen molar-refractivity contribution < 1.29 is 4.39 Å². The van der Waals surface area contributed by atoms with Crippen LogP contribution in [0.2, 0.25) is 0 Å². The standard InChI is InChI=1S/C12H9BrFN3S/c13-10-5-4-7(18-10)6-17-9-3-1-2-8(14)11(9)16-12(17)15/h1-5H,6H2,(H2,15,16). The normalized spacial score (nSPS) is 11.2. The molecule has 0 saturated carbocycles. The molecule has 2 N–H and O–H groups in total. The number of para-hydroxylation sites is 1. The van der Waals surface area contributed by atoms with Crippen molar-refractivity contribution in [3.63, 3.8) is 0 Å². The number of imidazole rings is 1. The highest BCUT2D eigenvalue weighted by Gasteiger charge is 2.12. The van der Waals surface area contributed by atoms with Crippen molar-refractivity contribution in [2.75, 3.05) is 5.73 Å². The fraction of sp³-hybridized carbons (Fsp3) is 0.0833. The Morgan fingerprint density at radius 1 is 1.33 bits per heavy atom. The van der Waals surface area contributed by atoms with Crippen LogP contribution in [0.3, 0.4) is 0 Å². The molecule has 6 heteroatoms. The van der Waals surface area contributed by atoms with Gasteiger partial charge in [0, 0.05) is 4.88 Å². The Morgan fingerprint density at radius 3 is 2.89 bits per heavy atom. The zero-order chi connectivity index (χ0) is 12.7. The second-order valence-corrected chi connectivity index (χ2v) is 6.42. The highest BCUT2D eigenvalue weighted by molar-refractivity contribution is 9.11. The van der Waals surface area contributed by atoms with Crippen LogP contribution in [0, 0.1) is 5.82 Å². The molecule has 92 valence electrons. The van der Waals surface area contributed by atoms with Crippen molar-refractivity contribution >= 4 is 44.2 Å². The van der Waals surface area contributed by atoms with E-state index in [1.165, 1.54) is 6.07 Å². The molecule has 1 aromatic carbocycles. The first-order valence-corrected chi connectivity index (χ1v) is 6.90. The third-order valence-corrected chi connectivity index (χ3v) is 4.31. The Balaban J connectivity index is 2.11. The number of nitrogens with two attached hydrogens (primary N) is 1. The van der Waals surface area contributed by atoms with Crippen molar-refractivity contribution in [1.29, 1.82) is 0 Å². The lowest BCUT2D eigenvalue weighted by Crippen LogP contribution is -2.03. The minimum atomic E-state index is -0.342. The number of nitrogens with zero attached hydrogens (tertiary/aromatic N) is 2. The highest BCUT2D eigenvalue weighted by atomic mass is 79.9. The summed E-state index contributed by atoms with van der Waals surface area (Å²) in [6.07, 6.45) is 0. The predicted molar refractivity (Wildman–Crippen MR) is 75.2 cm³/mol. The Bertz CT molecular complexity index is 719. The van der Waals surface area contributed by atoms with E-state index in [-0.39, 0.29) is 5.82 Å². The van der Waals surface area contributed by atoms with Gasteiger partial charge < -0.3 is 10.3 Å². The van der Waals surface area contributed by atoms with Crippen molar-refractivity contribution in [3.05, 3.63) is 44.8 Å². The number of anilines is 1. The maximum absolute atomic E-state index is 13.6. The number of nitrogen functional groups attached to an aromatic ring is 1. The fourth-order valence-electron chi connectivity index (χ4n) is 1.89. The maximum atomic E-state index is 13.6. The molecule has 3 aromatic rings. The number of aromatic nitrogens is 2. The van der Waals surface area contributed by atoms with E-state index < -0.39 is 0 Å². The Labute approximate surface area is 115 Å². The third kappa shape index (κ3) is 1.91. The molecule has 0 fully saturated rings. The summed E-state index contributed by atoms with van der Waals surface area (Å²) in [5.41, 5.74) is 6.90. The first kappa shape index (κ1) is 11.7. The number of thiophene rings is 1. The molecule has 0 atom stereocenters. The molecule has 0 bridgehead atoms. The van der Waals surface area contributed by atoms with E-state index in [4.69, 9.17) is 5.73 Å². The second kappa shape index (κ2) is 4.37. The van der Waals surface area contributed by atoms with Crippen molar-refractivity contribution in [2.45, 2.75) is 6.54 Å². The molecule has 0 amide bonds. The molecule has 0 radical (unpaired) electrons. The maximum Gasteiger partial charge on any atom is 0.201 e. The summed E-state index contributed by atoms with van der Waals surface area (Å²) in [7, 11) is 0. The molecular weight excluding hydrogens is 317 g/mol. The van der Waals surface area contributed by atoms with Crippen molar-refractivity contribution in [1.82, 2.24) is 9.55 Å². The molecule has 0 aliphatic heterocycles. The van der Waals surface area contributed by atoms with Gasteiger partial charge in [0.25, 0.3) is 0 Å². The van der Waals surface area contributed by atoms with E-state index in [0.717, 1.165) is 14.2 Å². The van der Waals surface area contributed by atoms with Gasteiger partial charge in [0.05, 0.1) is 15.8 Å². The summed E-state index contributed by atoms with van der Waals surface area (Å²) in [5, 5.41) is 0. The second-order valence-electron chi connectivity index (χ2n) is 3.87. The summed E-state index contributed by atoms with van der Waals surface area (Å²) >= 11 is 5.04. The van der Waals surface area contributed by atoms with Gasteiger partial charge in [0.2, 0.25) is 5.95 Å². The molecule has 2 heterocycles. The topological polar surface area (TPSA) is 43.8 Å². The highest BCUT2D eigenvalue weighted by Crippen LogP contribution is 2.26. The van der Waals surface area contributed by atoms with E-state index in [1.807, 2.05) is 22.8 Å². The van der Waals surface area contributed by atoms with Crippen LogP contribution in [0.4, 0.5) is 10.3 Å². The van der Waals surface area contributed by atoms with Crippen molar-refractivity contribution in [2.24, 2.45) is 0 Å². The summed E-state index contributed by atoms with van der Waals surface area (Å²) in [6, 6.07) is 8.88. The summed E-state index contributed by atoms with van der Waals surface area (Å²) < 4.78 is 16.5. The lowest BCUT2D eigenvalue weighted by Gasteiger charge is -2.04. The zero-order valence-electron chi connectivity index (χ0n) is 9.23. The molecule has 3 rings (SSSR count). The molecule has 0 aliphatic carbocycles. The van der Waals surface area contributed by atoms with Gasteiger partial charge in [-0.1, -0.05) is 6.07 Å². The predicted octanol–water partition coefficient (Wildman–Crippen LogP) is 3.63. The Kier molecular flexibility index (Phi) is 2.83. The number of hydrogen-bond acceptors (Lipinski definition) is 3. The van der Waals surface area contributed by atoms with E-state index in [0.29, 0.717) is 18.0 Å². The van der Waals surface area contributed by atoms with E-state index in [9.17, 15) is 4.39 Å². The quantitative estimate of drug-likeness (QED) is 0.781. The van der Waals surface area contributed by atoms with E-state index in [2.05, 4.69) is 20.9 Å². The summed E-state index contributed by atoms with van der Waals surface area (Å²) in [5.74, 6) is -0.00932. The lowest BCUT2D eigenvalue weighted by molar-refractivity contribution is 0.637. The number of hydrogen-bond donors (Lipinski definition) is 1. The van der Waals surface area contributed by atoms with Crippen LogP contribution < -0.4 is 5.73 Å². The van der Waals surface area contributed by atoms with Gasteiger partial charge in [0.1, 0.15) is 5.52 Å². The first-order chi connectivity index (χ1) is 8.65. The molecule has 3 nitrogen and oxygen atoms in total. The van der Waals surface area contributed by atoms with Crippen LogP contribution in [0.1, 0.15) is 4.88 Å². The van der Waals surface area contributed by atoms with E-state index >= 15 is 0 Å². The van der Waals surface area contributed by atoms with Crippen molar-refractivity contribution in [3.8, 4) is 0 Å². The van der Waals surface area contributed by atoms with Crippen LogP contribution in [0.15, 0.2) is 34.1 Å². The third-order valence-electron chi connectivity index (χ3n) is 2.70. The van der Waals surface area contributed by atoms with Gasteiger partial charge in [-0.25, -0.2) is 9.37 Å². The summed E-state index contributed by atoms with van der Waals surface area (Å²) in [6.45, 7) is 0.599. The SMILES string of the molecule is Nc1nc2c(F)cccc2n1Cc1ccc(Br)s1. The number of benzene rings is 1. The van der Waals surface area contributed by atoms with Crippen LogP contribution in [0.25, 0.3) is 11.0 Å². The van der Waals surface area contributed by atoms with Gasteiger partial charge in [-0.05, 0) is 40.2 Å². The van der Waals surface area contributed by atoms with Crippen LogP contribution in [-0.2, 0) is 6.54 Å². The average Bonchev–Trinajstić information content (AvgIpc) is 2.87. The smallest absolute Gasteiger partial charge is 0.201 e. The molecule has 18 heavy (non-hydrogen) atoms. The minimum absolute atomic E-state index is 0.325.